The number of aryl methyl sites for hydroxylation is 1. The third-order valence-electron chi connectivity index (χ3n) is 5.68. The number of fused-ring (bicyclic) bond motifs is 1. The molecule has 7 nitrogen and oxygen atoms in total. The van der Waals surface area contributed by atoms with Gasteiger partial charge in [-0.2, -0.15) is 0 Å². The summed E-state index contributed by atoms with van der Waals surface area (Å²) in [5, 5.41) is 12.9. The van der Waals surface area contributed by atoms with E-state index in [0.29, 0.717) is 25.0 Å². The summed E-state index contributed by atoms with van der Waals surface area (Å²) >= 11 is 0. The minimum absolute atomic E-state index is 0.144. The molecule has 8 heteroatoms. The zero-order chi connectivity index (χ0) is 21.8. The van der Waals surface area contributed by atoms with Crippen molar-refractivity contribution < 1.29 is 13.9 Å². The van der Waals surface area contributed by atoms with Gasteiger partial charge in [0.15, 0.2) is 0 Å². The fourth-order valence-electron chi connectivity index (χ4n) is 4.15. The van der Waals surface area contributed by atoms with E-state index in [0.717, 1.165) is 54.1 Å². The monoisotopic (exact) mass is 425 g/mol. The van der Waals surface area contributed by atoms with Gasteiger partial charge in [-0.05, 0) is 57.0 Å². The van der Waals surface area contributed by atoms with Crippen molar-refractivity contribution in [1.82, 2.24) is 20.1 Å². The van der Waals surface area contributed by atoms with Crippen molar-refractivity contribution in [1.29, 1.82) is 0 Å². The first-order valence-electron chi connectivity index (χ1n) is 10.8. The van der Waals surface area contributed by atoms with Gasteiger partial charge in [0.05, 0.1) is 18.7 Å². The number of aromatic nitrogens is 3. The second-order valence-corrected chi connectivity index (χ2v) is 8.00. The number of nitrogens with one attached hydrogen (secondary N) is 2. The van der Waals surface area contributed by atoms with Crippen molar-refractivity contribution in [2.24, 2.45) is 0 Å². The third-order valence-corrected chi connectivity index (χ3v) is 5.68. The molecule has 1 aliphatic rings. The summed E-state index contributed by atoms with van der Waals surface area (Å²) in [6.07, 6.45) is 3.90. The van der Waals surface area contributed by atoms with Crippen LogP contribution in [0.25, 0.3) is 22.2 Å². The summed E-state index contributed by atoms with van der Waals surface area (Å²) in [5.41, 5.74) is 3.42. The van der Waals surface area contributed by atoms with Gasteiger partial charge < -0.3 is 19.9 Å². The molecule has 2 N–H and O–H groups in total. The van der Waals surface area contributed by atoms with E-state index in [9.17, 15) is 9.18 Å². The molecule has 4 rings (SSSR count). The second kappa shape index (κ2) is 9.43. The highest BCUT2D eigenvalue weighted by atomic mass is 19.1. The van der Waals surface area contributed by atoms with Crippen LogP contribution in [0.3, 0.4) is 0 Å². The minimum Gasteiger partial charge on any atom is -0.466 e. The summed E-state index contributed by atoms with van der Waals surface area (Å²) in [6, 6.07) is 7.78. The molecule has 2 aromatic heterocycles. The number of aromatic amines is 1. The van der Waals surface area contributed by atoms with Crippen molar-refractivity contribution in [3.63, 3.8) is 0 Å². The number of rotatable bonds is 7. The number of ether oxygens (including phenoxy) is 1. The van der Waals surface area contributed by atoms with Crippen molar-refractivity contribution in [2.75, 3.05) is 31.6 Å². The van der Waals surface area contributed by atoms with E-state index < -0.39 is 0 Å². The number of benzene rings is 1. The minimum atomic E-state index is -0.257. The lowest BCUT2D eigenvalue weighted by atomic mass is 10.0. The number of H-pyrrole nitrogens is 1. The molecule has 1 fully saturated rings. The molecular weight excluding hydrogens is 397 g/mol. The van der Waals surface area contributed by atoms with E-state index in [1.165, 1.54) is 6.20 Å². The zero-order valence-electron chi connectivity index (χ0n) is 17.9. The number of carbonyl (C=O) groups is 1. The number of carbonyl (C=O) groups excluding carboxylic acids is 1. The van der Waals surface area contributed by atoms with Gasteiger partial charge in [0.25, 0.3) is 0 Å². The fraction of sp³-hybridized carbons (Fsp3) is 0.435. The summed E-state index contributed by atoms with van der Waals surface area (Å²) in [7, 11) is 0. The van der Waals surface area contributed by atoms with E-state index in [2.05, 4.69) is 25.4 Å². The highest BCUT2D eigenvalue weighted by Crippen LogP contribution is 2.27. The first kappa shape index (κ1) is 21.2. The Labute approximate surface area is 181 Å². The molecule has 0 bridgehead atoms. The molecule has 0 aliphatic carbocycles. The van der Waals surface area contributed by atoms with Crippen LogP contribution in [0.2, 0.25) is 0 Å². The molecule has 0 amide bonds. The average Bonchev–Trinajstić information content (AvgIpc) is 3.13. The predicted molar refractivity (Wildman–Crippen MR) is 118 cm³/mol. The smallest absolute Gasteiger partial charge is 0.307 e. The number of halogens is 1. The van der Waals surface area contributed by atoms with Crippen LogP contribution in [0.15, 0.2) is 30.5 Å². The molecule has 0 unspecified atom stereocenters. The van der Waals surface area contributed by atoms with Gasteiger partial charge >= 0.3 is 5.97 Å². The van der Waals surface area contributed by atoms with E-state index in [-0.39, 0.29) is 17.8 Å². The lowest BCUT2D eigenvalue weighted by Gasteiger charge is -2.33. The van der Waals surface area contributed by atoms with Crippen molar-refractivity contribution in [3.05, 3.63) is 41.8 Å². The summed E-state index contributed by atoms with van der Waals surface area (Å²) in [6.45, 7) is 6.81. The Kier molecular flexibility index (Phi) is 6.46. The van der Waals surface area contributed by atoms with Crippen LogP contribution in [0.4, 0.5) is 10.2 Å². The van der Waals surface area contributed by atoms with Gasteiger partial charge in [-0.25, -0.2) is 4.39 Å². The van der Waals surface area contributed by atoms with Gasteiger partial charge in [0.2, 0.25) is 0 Å². The Bertz CT molecular complexity index is 1070. The average molecular weight is 426 g/mol. The van der Waals surface area contributed by atoms with Gasteiger partial charge in [-0.1, -0.05) is 6.07 Å². The number of anilines is 1. The maximum absolute atomic E-state index is 13.7. The normalized spacial score (nSPS) is 17.1. The molecule has 0 radical (unpaired) electrons. The van der Waals surface area contributed by atoms with Crippen LogP contribution in [-0.4, -0.2) is 58.3 Å². The quantitative estimate of drug-likeness (QED) is 0.559. The number of hydrogen-bond donors (Lipinski definition) is 2. The standard InChI is InChI=1S/C23H28FN5O2/c1-3-31-22(30)8-10-29-9-4-5-17(14-29)26-21-11-15(2)23(28-27-21)16-6-7-18-19(24)13-25-20(18)12-16/h6-7,11-13,17,25H,3-5,8-10,14H2,1-2H3,(H,26,27)/t17-/m1/s1. The van der Waals surface area contributed by atoms with Gasteiger partial charge in [0, 0.05) is 41.8 Å². The van der Waals surface area contributed by atoms with Crippen LogP contribution < -0.4 is 5.32 Å². The Morgan fingerprint density at radius 1 is 1.35 bits per heavy atom. The van der Waals surface area contributed by atoms with Crippen LogP contribution in [0.1, 0.15) is 31.7 Å². The lowest BCUT2D eigenvalue weighted by Crippen LogP contribution is -2.43. The molecule has 0 saturated carbocycles. The fourth-order valence-corrected chi connectivity index (χ4v) is 4.15. The van der Waals surface area contributed by atoms with Gasteiger partial charge in [-0.3, -0.25) is 4.79 Å². The van der Waals surface area contributed by atoms with Crippen LogP contribution in [-0.2, 0) is 9.53 Å². The highest BCUT2D eigenvalue weighted by Gasteiger charge is 2.21. The van der Waals surface area contributed by atoms with Gasteiger partial charge in [-0.15, -0.1) is 10.2 Å². The Hall–Kier alpha value is -3.00. The number of esters is 1. The lowest BCUT2D eigenvalue weighted by molar-refractivity contribution is -0.143. The summed E-state index contributed by atoms with van der Waals surface area (Å²) in [5.74, 6) is 0.341. The molecule has 31 heavy (non-hydrogen) atoms. The molecular formula is C23H28FN5O2. The Balaban J connectivity index is 1.40. The van der Waals surface area contributed by atoms with Crippen LogP contribution in [0.5, 0.6) is 0 Å². The van der Waals surface area contributed by atoms with E-state index in [1.54, 1.807) is 6.07 Å². The van der Waals surface area contributed by atoms with Crippen LogP contribution >= 0.6 is 0 Å². The Morgan fingerprint density at radius 3 is 3.03 bits per heavy atom. The van der Waals surface area contributed by atoms with Crippen molar-refractivity contribution in [2.45, 2.75) is 39.2 Å². The maximum atomic E-state index is 13.7. The zero-order valence-corrected chi connectivity index (χ0v) is 17.9. The number of piperidine rings is 1. The second-order valence-electron chi connectivity index (χ2n) is 8.00. The maximum Gasteiger partial charge on any atom is 0.307 e. The largest absolute Gasteiger partial charge is 0.466 e. The number of nitrogens with zero attached hydrogens (tertiary/aromatic N) is 3. The summed E-state index contributed by atoms with van der Waals surface area (Å²) < 4.78 is 18.7. The third kappa shape index (κ3) is 5.02. The van der Waals surface area contributed by atoms with E-state index >= 15 is 0 Å². The van der Waals surface area contributed by atoms with Crippen molar-refractivity contribution >= 4 is 22.7 Å². The molecule has 1 aliphatic heterocycles. The first-order chi connectivity index (χ1) is 15.0. The van der Waals surface area contributed by atoms with Crippen molar-refractivity contribution in [3.8, 4) is 11.3 Å². The molecule has 164 valence electrons. The molecule has 1 aromatic carbocycles. The Morgan fingerprint density at radius 2 is 2.23 bits per heavy atom. The molecule has 1 saturated heterocycles. The van der Waals surface area contributed by atoms with Gasteiger partial charge in [0.1, 0.15) is 11.6 Å². The molecule has 1 atom stereocenters. The predicted octanol–water partition coefficient (Wildman–Crippen LogP) is 3.90. The highest BCUT2D eigenvalue weighted by molar-refractivity contribution is 5.85. The first-order valence-corrected chi connectivity index (χ1v) is 10.8. The SMILES string of the molecule is CCOC(=O)CCN1CCC[C@@H](Nc2cc(C)c(-c3ccc4c(F)c[nH]c4c3)nn2)C1. The topological polar surface area (TPSA) is 83.1 Å². The molecule has 3 aromatic rings. The number of hydrogen-bond acceptors (Lipinski definition) is 6. The van der Waals surface area contributed by atoms with Crippen LogP contribution in [0, 0.1) is 12.7 Å². The molecule has 3 heterocycles. The van der Waals surface area contributed by atoms with E-state index in [4.69, 9.17) is 4.74 Å². The molecule has 0 spiro atoms. The summed E-state index contributed by atoms with van der Waals surface area (Å²) in [4.78, 5) is 16.8. The number of likely N-dealkylation sites (tertiary alicyclic amines) is 1. The van der Waals surface area contributed by atoms with E-state index in [1.807, 2.05) is 32.0 Å².